The van der Waals surface area contributed by atoms with Crippen LogP contribution in [0.2, 0.25) is 5.02 Å². The normalized spacial score (nSPS) is 16.2. The van der Waals surface area contributed by atoms with E-state index in [4.69, 9.17) is 16.3 Å². The van der Waals surface area contributed by atoms with E-state index < -0.39 is 0 Å². The van der Waals surface area contributed by atoms with Crippen LogP contribution in [-0.2, 0) is 4.74 Å². The maximum Gasteiger partial charge on any atom is 0.250 e. The molecule has 1 saturated heterocycles. The van der Waals surface area contributed by atoms with Crippen molar-refractivity contribution in [3.05, 3.63) is 39.6 Å². The molecule has 0 saturated carbocycles. The van der Waals surface area contributed by atoms with Gasteiger partial charge in [0, 0.05) is 29.6 Å². The fourth-order valence-corrected chi connectivity index (χ4v) is 2.45. The van der Waals surface area contributed by atoms with Gasteiger partial charge in [-0.25, -0.2) is 0 Å². The largest absolute Gasteiger partial charge is 0.378 e. The van der Waals surface area contributed by atoms with Crippen molar-refractivity contribution in [3.8, 4) is 0 Å². The highest BCUT2D eigenvalue weighted by Crippen LogP contribution is 2.27. The van der Waals surface area contributed by atoms with Crippen LogP contribution in [0.3, 0.4) is 0 Å². The molecule has 0 radical (unpaired) electrons. The number of nitrogens with one attached hydrogen (secondary N) is 1. The van der Waals surface area contributed by atoms with Crippen molar-refractivity contribution in [1.82, 2.24) is 4.98 Å². The van der Waals surface area contributed by atoms with Crippen LogP contribution in [0.1, 0.15) is 0 Å². The third-order valence-corrected chi connectivity index (χ3v) is 3.37. The Morgan fingerprint density at radius 2 is 2.00 bits per heavy atom. The molecule has 0 amide bonds. The maximum atomic E-state index is 11.7. The number of aromatic nitrogens is 1. The van der Waals surface area contributed by atoms with E-state index in [1.165, 1.54) is 0 Å². The Balaban J connectivity index is 2.19. The predicted molar refractivity (Wildman–Crippen MR) is 72.6 cm³/mol. The van der Waals surface area contributed by atoms with Crippen molar-refractivity contribution >= 4 is 28.2 Å². The Bertz CT molecular complexity index is 632. The van der Waals surface area contributed by atoms with Crippen molar-refractivity contribution in [2.24, 2.45) is 0 Å². The second kappa shape index (κ2) is 4.63. The second-order valence-electron chi connectivity index (χ2n) is 4.31. The van der Waals surface area contributed by atoms with Gasteiger partial charge >= 0.3 is 0 Å². The predicted octanol–water partition coefficient (Wildman–Crippen LogP) is 2.02. The topological polar surface area (TPSA) is 45.3 Å². The molecular formula is C13H13ClN2O2. The van der Waals surface area contributed by atoms with E-state index in [2.05, 4.69) is 9.88 Å². The third kappa shape index (κ3) is 2.09. The van der Waals surface area contributed by atoms with Gasteiger partial charge in [0.15, 0.2) is 0 Å². The molecule has 5 heteroatoms. The molecule has 1 aromatic carbocycles. The highest BCUT2D eigenvalue weighted by atomic mass is 35.5. The van der Waals surface area contributed by atoms with Crippen LogP contribution in [0, 0.1) is 0 Å². The summed E-state index contributed by atoms with van der Waals surface area (Å²) in [6.45, 7) is 2.97. The number of H-pyrrole nitrogens is 1. The van der Waals surface area contributed by atoms with E-state index in [1.54, 1.807) is 12.1 Å². The lowest BCUT2D eigenvalue weighted by Gasteiger charge is -2.29. The van der Waals surface area contributed by atoms with E-state index in [9.17, 15) is 4.79 Å². The summed E-state index contributed by atoms with van der Waals surface area (Å²) in [5, 5.41) is 1.65. The van der Waals surface area contributed by atoms with Gasteiger partial charge in [0.1, 0.15) is 0 Å². The lowest BCUT2D eigenvalue weighted by molar-refractivity contribution is 0.123. The number of fused-ring (bicyclic) bond motifs is 1. The number of halogens is 1. The number of hydrogen-bond donors (Lipinski definition) is 1. The minimum absolute atomic E-state index is 0.0914. The molecule has 0 unspecified atom stereocenters. The molecule has 0 atom stereocenters. The minimum Gasteiger partial charge on any atom is -0.378 e. The first kappa shape index (κ1) is 11.6. The molecule has 94 valence electrons. The monoisotopic (exact) mass is 264 g/mol. The highest BCUT2D eigenvalue weighted by Gasteiger charge is 2.15. The number of morpholine rings is 1. The summed E-state index contributed by atoms with van der Waals surface area (Å²) in [5.41, 5.74) is 1.65. The molecule has 4 nitrogen and oxygen atoms in total. The lowest BCUT2D eigenvalue weighted by Crippen LogP contribution is -2.36. The van der Waals surface area contributed by atoms with Gasteiger partial charge in [-0.2, -0.15) is 0 Å². The van der Waals surface area contributed by atoms with E-state index in [1.807, 2.05) is 12.1 Å². The number of rotatable bonds is 1. The zero-order chi connectivity index (χ0) is 12.5. The average Bonchev–Trinajstić information content (AvgIpc) is 2.39. The molecule has 3 rings (SSSR count). The molecule has 2 aromatic rings. The summed E-state index contributed by atoms with van der Waals surface area (Å²) >= 11 is 6.03. The lowest BCUT2D eigenvalue weighted by atomic mass is 10.1. The van der Waals surface area contributed by atoms with Gasteiger partial charge in [0.2, 0.25) is 5.56 Å². The van der Waals surface area contributed by atoms with Crippen LogP contribution in [0.4, 0.5) is 5.69 Å². The fourth-order valence-electron chi connectivity index (χ4n) is 2.27. The quantitative estimate of drug-likeness (QED) is 0.857. The average molecular weight is 265 g/mol. The molecule has 1 aromatic heterocycles. The highest BCUT2D eigenvalue weighted by molar-refractivity contribution is 6.31. The molecular weight excluding hydrogens is 252 g/mol. The zero-order valence-corrected chi connectivity index (χ0v) is 10.5. The summed E-state index contributed by atoms with van der Waals surface area (Å²) in [6, 6.07) is 7.13. The molecule has 1 fully saturated rings. The van der Waals surface area contributed by atoms with Crippen molar-refractivity contribution in [2.75, 3.05) is 31.2 Å². The molecule has 0 aliphatic carbocycles. The fraction of sp³-hybridized carbons (Fsp3) is 0.308. The third-order valence-electron chi connectivity index (χ3n) is 3.14. The molecule has 0 bridgehead atoms. The summed E-state index contributed by atoms with van der Waals surface area (Å²) in [5.74, 6) is 0. The molecule has 2 heterocycles. The van der Waals surface area contributed by atoms with Crippen LogP contribution < -0.4 is 10.5 Å². The molecule has 18 heavy (non-hydrogen) atoms. The standard InChI is InChI=1S/C13H13ClN2O2/c14-9-1-2-11-10(7-9)12(8-13(17)15-11)16-3-5-18-6-4-16/h1-2,7-8H,3-6H2,(H,15,17). The Morgan fingerprint density at radius 3 is 2.78 bits per heavy atom. The van der Waals surface area contributed by atoms with E-state index in [0.717, 1.165) is 29.7 Å². The number of anilines is 1. The zero-order valence-electron chi connectivity index (χ0n) is 9.78. The van der Waals surface area contributed by atoms with Crippen LogP contribution >= 0.6 is 11.6 Å². The Kier molecular flexibility index (Phi) is 2.97. The van der Waals surface area contributed by atoms with Gasteiger partial charge in [-0.05, 0) is 18.2 Å². The van der Waals surface area contributed by atoms with Crippen LogP contribution in [0.15, 0.2) is 29.1 Å². The van der Waals surface area contributed by atoms with Crippen LogP contribution in [0.5, 0.6) is 0 Å². The minimum atomic E-state index is -0.0914. The van der Waals surface area contributed by atoms with Crippen LogP contribution in [0.25, 0.3) is 10.9 Å². The van der Waals surface area contributed by atoms with Crippen molar-refractivity contribution < 1.29 is 4.74 Å². The van der Waals surface area contributed by atoms with Crippen LogP contribution in [-0.4, -0.2) is 31.3 Å². The first-order chi connectivity index (χ1) is 8.74. The second-order valence-corrected chi connectivity index (χ2v) is 4.74. The number of nitrogens with zero attached hydrogens (tertiary/aromatic N) is 1. The van der Waals surface area contributed by atoms with Gasteiger partial charge in [-0.1, -0.05) is 11.6 Å². The van der Waals surface area contributed by atoms with E-state index in [0.29, 0.717) is 18.2 Å². The molecule has 1 aliphatic rings. The number of pyridine rings is 1. The van der Waals surface area contributed by atoms with Gasteiger partial charge in [0.25, 0.3) is 0 Å². The molecule has 0 spiro atoms. The number of aromatic amines is 1. The smallest absolute Gasteiger partial charge is 0.250 e. The summed E-state index contributed by atoms with van der Waals surface area (Å²) in [4.78, 5) is 16.7. The van der Waals surface area contributed by atoms with E-state index in [-0.39, 0.29) is 5.56 Å². The number of ether oxygens (including phenoxy) is 1. The first-order valence-electron chi connectivity index (χ1n) is 5.89. The molecule has 1 aliphatic heterocycles. The summed E-state index contributed by atoms with van der Waals surface area (Å²) in [6.07, 6.45) is 0. The Hall–Kier alpha value is -1.52. The summed E-state index contributed by atoms with van der Waals surface area (Å²) < 4.78 is 5.33. The number of benzene rings is 1. The van der Waals surface area contributed by atoms with Gasteiger partial charge < -0.3 is 14.6 Å². The van der Waals surface area contributed by atoms with Crippen molar-refractivity contribution in [2.45, 2.75) is 0 Å². The Morgan fingerprint density at radius 1 is 1.22 bits per heavy atom. The van der Waals surface area contributed by atoms with Crippen molar-refractivity contribution in [1.29, 1.82) is 0 Å². The van der Waals surface area contributed by atoms with Gasteiger partial charge in [0.05, 0.1) is 24.4 Å². The Labute approximate surface area is 109 Å². The maximum absolute atomic E-state index is 11.7. The van der Waals surface area contributed by atoms with Gasteiger partial charge in [-0.3, -0.25) is 4.79 Å². The first-order valence-corrected chi connectivity index (χ1v) is 6.27. The van der Waals surface area contributed by atoms with Gasteiger partial charge in [-0.15, -0.1) is 0 Å². The van der Waals surface area contributed by atoms with E-state index >= 15 is 0 Å². The number of hydrogen-bond acceptors (Lipinski definition) is 3. The molecule has 1 N–H and O–H groups in total. The SMILES string of the molecule is O=c1cc(N2CCOCC2)c2cc(Cl)ccc2[nH]1. The summed E-state index contributed by atoms with van der Waals surface area (Å²) in [7, 11) is 0. The van der Waals surface area contributed by atoms with Crippen molar-refractivity contribution in [3.63, 3.8) is 0 Å².